The zero-order valence-electron chi connectivity index (χ0n) is 7.06. The molecule has 0 aromatic carbocycles. The summed E-state index contributed by atoms with van der Waals surface area (Å²) in [7, 11) is 0. The fourth-order valence-electron chi connectivity index (χ4n) is 1.11. The molecule has 1 fully saturated rings. The molecule has 4 heteroatoms. The van der Waals surface area contributed by atoms with E-state index in [0.717, 1.165) is 5.75 Å². The van der Waals surface area contributed by atoms with E-state index in [1.165, 1.54) is 5.56 Å². The summed E-state index contributed by atoms with van der Waals surface area (Å²) in [5.74, 6) is 1.07. The van der Waals surface area contributed by atoms with Crippen molar-refractivity contribution in [2.45, 2.75) is 17.5 Å². The van der Waals surface area contributed by atoms with E-state index in [-0.39, 0.29) is 5.91 Å². The molecule has 1 aliphatic rings. The first-order valence-corrected chi connectivity index (χ1v) is 5.19. The van der Waals surface area contributed by atoms with Crippen LogP contribution in [0.1, 0.15) is 12.0 Å². The van der Waals surface area contributed by atoms with Gasteiger partial charge in [0.15, 0.2) is 0 Å². The molecule has 0 aliphatic carbocycles. The zero-order valence-corrected chi connectivity index (χ0v) is 7.88. The van der Waals surface area contributed by atoms with Gasteiger partial charge in [-0.05, 0) is 11.6 Å². The van der Waals surface area contributed by atoms with Crippen molar-refractivity contribution in [3.63, 3.8) is 0 Å². The highest BCUT2D eigenvalue weighted by Gasteiger charge is 2.24. The Morgan fingerprint density at radius 1 is 1.69 bits per heavy atom. The molecule has 0 radical (unpaired) electrons. The van der Waals surface area contributed by atoms with Gasteiger partial charge < -0.3 is 5.32 Å². The largest absolute Gasteiger partial charge is 0.344 e. The van der Waals surface area contributed by atoms with Gasteiger partial charge in [0.25, 0.3) is 0 Å². The Morgan fingerprint density at radius 2 is 2.54 bits per heavy atom. The third-order valence-corrected chi connectivity index (χ3v) is 3.05. The molecule has 0 spiro atoms. The lowest BCUT2D eigenvalue weighted by Crippen LogP contribution is -2.46. The standard InChI is InChI=1S/C9H10N2OS/c12-8-4-9(11-8)13-6-7-2-1-3-10-5-7/h1-3,5,9H,4,6H2,(H,11,12). The maximum absolute atomic E-state index is 10.6. The van der Waals surface area contributed by atoms with Crippen LogP contribution in [0.25, 0.3) is 0 Å². The lowest BCUT2D eigenvalue weighted by Gasteiger charge is -2.25. The van der Waals surface area contributed by atoms with Gasteiger partial charge in [0.2, 0.25) is 5.91 Å². The summed E-state index contributed by atoms with van der Waals surface area (Å²) in [6.45, 7) is 0. The Kier molecular flexibility index (Phi) is 2.49. The molecular formula is C9H10N2OS. The van der Waals surface area contributed by atoms with Crippen molar-refractivity contribution in [3.8, 4) is 0 Å². The van der Waals surface area contributed by atoms with Crippen LogP contribution in [0.2, 0.25) is 0 Å². The van der Waals surface area contributed by atoms with E-state index in [1.54, 1.807) is 18.0 Å². The predicted octanol–water partition coefficient (Wildman–Crippen LogP) is 1.16. The van der Waals surface area contributed by atoms with E-state index in [1.807, 2.05) is 18.3 Å². The van der Waals surface area contributed by atoms with Gasteiger partial charge >= 0.3 is 0 Å². The number of β-lactam (4-membered cyclic amide) rings is 1. The van der Waals surface area contributed by atoms with Crippen LogP contribution >= 0.6 is 11.8 Å². The normalized spacial score (nSPS) is 20.6. The summed E-state index contributed by atoms with van der Waals surface area (Å²) in [5.41, 5.74) is 1.20. The maximum Gasteiger partial charge on any atom is 0.223 e. The van der Waals surface area contributed by atoms with Crippen molar-refractivity contribution >= 4 is 17.7 Å². The molecule has 1 unspecified atom stereocenters. The van der Waals surface area contributed by atoms with E-state index >= 15 is 0 Å². The van der Waals surface area contributed by atoms with Gasteiger partial charge in [-0.2, -0.15) is 0 Å². The molecule has 68 valence electrons. The number of nitrogens with zero attached hydrogens (tertiary/aromatic N) is 1. The summed E-state index contributed by atoms with van der Waals surface area (Å²) >= 11 is 1.75. The van der Waals surface area contributed by atoms with Crippen molar-refractivity contribution < 1.29 is 4.79 Å². The molecular weight excluding hydrogens is 184 g/mol. The second kappa shape index (κ2) is 3.79. The molecule has 1 N–H and O–H groups in total. The van der Waals surface area contributed by atoms with E-state index in [4.69, 9.17) is 0 Å². The van der Waals surface area contributed by atoms with Crippen molar-refractivity contribution in [2.75, 3.05) is 0 Å². The van der Waals surface area contributed by atoms with Crippen molar-refractivity contribution in [1.82, 2.24) is 10.3 Å². The highest BCUT2D eigenvalue weighted by Crippen LogP contribution is 2.22. The number of hydrogen-bond donors (Lipinski definition) is 1. The molecule has 0 bridgehead atoms. The number of carbonyl (C=O) groups is 1. The number of nitrogens with one attached hydrogen (secondary N) is 1. The first kappa shape index (κ1) is 8.56. The number of thioether (sulfide) groups is 1. The molecule has 1 aliphatic heterocycles. The van der Waals surface area contributed by atoms with Crippen LogP contribution in [0.5, 0.6) is 0 Å². The maximum atomic E-state index is 10.6. The number of carbonyl (C=O) groups excluding carboxylic acids is 1. The smallest absolute Gasteiger partial charge is 0.223 e. The molecule has 1 saturated heterocycles. The van der Waals surface area contributed by atoms with Gasteiger partial charge in [0.1, 0.15) is 0 Å². The van der Waals surface area contributed by atoms with Crippen molar-refractivity contribution in [2.24, 2.45) is 0 Å². The number of hydrogen-bond acceptors (Lipinski definition) is 3. The SMILES string of the molecule is O=C1CC(SCc2cccnc2)N1. The van der Waals surface area contributed by atoms with Crippen LogP contribution in [0.15, 0.2) is 24.5 Å². The Morgan fingerprint density at radius 3 is 3.15 bits per heavy atom. The second-order valence-electron chi connectivity index (χ2n) is 2.93. The van der Waals surface area contributed by atoms with Gasteiger partial charge in [-0.15, -0.1) is 11.8 Å². The van der Waals surface area contributed by atoms with Gasteiger partial charge in [0, 0.05) is 18.1 Å². The first-order valence-electron chi connectivity index (χ1n) is 4.14. The van der Waals surface area contributed by atoms with Gasteiger partial charge in [-0.25, -0.2) is 0 Å². The van der Waals surface area contributed by atoms with Crippen LogP contribution in [0, 0.1) is 0 Å². The second-order valence-corrected chi connectivity index (χ2v) is 4.12. The Hall–Kier alpha value is -1.03. The van der Waals surface area contributed by atoms with Crippen LogP contribution in [-0.4, -0.2) is 16.3 Å². The fraction of sp³-hybridized carbons (Fsp3) is 0.333. The Bertz CT molecular complexity index is 294. The van der Waals surface area contributed by atoms with Crippen LogP contribution in [0.3, 0.4) is 0 Å². The number of aromatic nitrogens is 1. The minimum atomic E-state index is 0.156. The topological polar surface area (TPSA) is 42.0 Å². The minimum Gasteiger partial charge on any atom is -0.344 e. The van der Waals surface area contributed by atoms with Crippen LogP contribution in [-0.2, 0) is 10.5 Å². The fourth-order valence-corrected chi connectivity index (χ4v) is 2.16. The summed E-state index contributed by atoms with van der Waals surface area (Å²) < 4.78 is 0. The van der Waals surface area contributed by atoms with Gasteiger partial charge in [-0.3, -0.25) is 9.78 Å². The molecule has 3 nitrogen and oxygen atoms in total. The van der Waals surface area contributed by atoms with Gasteiger partial charge in [-0.1, -0.05) is 6.07 Å². The quantitative estimate of drug-likeness (QED) is 0.734. The summed E-state index contributed by atoms with van der Waals surface area (Å²) in [5, 5.41) is 3.13. The molecule has 13 heavy (non-hydrogen) atoms. The van der Waals surface area contributed by atoms with Crippen LogP contribution < -0.4 is 5.32 Å². The van der Waals surface area contributed by atoms with E-state index in [0.29, 0.717) is 11.8 Å². The third kappa shape index (κ3) is 2.21. The van der Waals surface area contributed by atoms with Crippen molar-refractivity contribution in [1.29, 1.82) is 0 Å². The average molecular weight is 194 g/mol. The number of pyridine rings is 1. The van der Waals surface area contributed by atoms with E-state index in [9.17, 15) is 4.79 Å². The number of rotatable bonds is 3. The molecule has 1 atom stereocenters. The highest BCUT2D eigenvalue weighted by atomic mass is 32.2. The van der Waals surface area contributed by atoms with E-state index < -0.39 is 0 Å². The minimum absolute atomic E-state index is 0.156. The first-order chi connectivity index (χ1) is 6.34. The molecule has 1 aromatic rings. The highest BCUT2D eigenvalue weighted by molar-refractivity contribution is 7.99. The lowest BCUT2D eigenvalue weighted by atomic mass is 10.3. The Balaban J connectivity index is 1.77. The molecule has 2 heterocycles. The molecule has 2 rings (SSSR count). The monoisotopic (exact) mass is 194 g/mol. The van der Waals surface area contributed by atoms with Gasteiger partial charge in [0.05, 0.1) is 11.8 Å². The molecule has 1 amide bonds. The van der Waals surface area contributed by atoms with Crippen molar-refractivity contribution in [3.05, 3.63) is 30.1 Å². The predicted molar refractivity (Wildman–Crippen MR) is 52.1 cm³/mol. The Labute approximate surface area is 80.9 Å². The van der Waals surface area contributed by atoms with E-state index in [2.05, 4.69) is 10.3 Å². The zero-order chi connectivity index (χ0) is 9.10. The summed E-state index contributed by atoms with van der Waals surface area (Å²) in [6, 6.07) is 3.97. The lowest BCUT2D eigenvalue weighted by molar-refractivity contribution is -0.126. The number of amides is 1. The summed E-state index contributed by atoms with van der Waals surface area (Å²) in [4.78, 5) is 14.6. The third-order valence-electron chi connectivity index (χ3n) is 1.87. The summed E-state index contributed by atoms with van der Waals surface area (Å²) in [6.07, 6.45) is 4.28. The molecule has 1 aromatic heterocycles. The average Bonchev–Trinajstić information content (AvgIpc) is 2.12. The van der Waals surface area contributed by atoms with Crippen LogP contribution in [0.4, 0.5) is 0 Å². The molecule has 0 saturated carbocycles.